The van der Waals surface area contributed by atoms with Gasteiger partial charge in [-0.3, -0.25) is 4.79 Å². The first-order chi connectivity index (χ1) is 9.95. The first-order valence-corrected chi connectivity index (χ1v) is 7.74. The van der Waals surface area contributed by atoms with Crippen molar-refractivity contribution in [1.82, 2.24) is 5.32 Å². The second-order valence-corrected chi connectivity index (χ2v) is 6.60. The summed E-state index contributed by atoms with van der Waals surface area (Å²) in [6.45, 7) is 1.90. The van der Waals surface area contributed by atoms with Crippen molar-refractivity contribution in [3.63, 3.8) is 0 Å². The fraction of sp³-hybridized carbons (Fsp3) is 0.267. The topological polar surface area (TPSA) is 75.4 Å². The molecule has 2 aromatic rings. The smallest absolute Gasteiger partial charge is 0.237 e. The van der Waals surface area contributed by atoms with Crippen molar-refractivity contribution in [1.29, 1.82) is 0 Å². The molecule has 4 nitrogen and oxygen atoms in total. The number of aromatic hydroxyl groups is 1. The molecule has 1 aromatic heterocycles. The van der Waals surface area contributed by atoms with E-state index in [0.29, 0.717) is 10.8 Å². The van der Waals surface area contributed by atoms with E-state index < -0.39 is 6.04 Å². The van der Waals surface area contributed by atoms with Crippen LogP contribution in [0.3, 0.4) is 0 Å². The molecule has 0 aliphatic rings. The minimum Gasteiger partial charge on any atom is -0.508 e. The maximum atomic E-state index is 12.1. The maximum Gasteiger partial charge on any atom is 0.237 e. The Morgan fingerprint density at radius 2 is 2.00 bits per heavy atom. The number of benzene rings is 1. The van der Waals surface area contributed by atoms with Crippen LogP contribution in [-0.2, 0) is 11.2 Å². The monoisotopic (exact) mass is 324 g/mol. The summed E-state index contributed by atoms with van der Waals surface area (Å²) in [6, 6.07) is 9.61. The molecule has 6 heteroatoms. The lowest BCUT2D eigenvalue weighted by atomic mass is 10.1. The second kappa shape index (κ2) is 6.93. The summed E-state index contributed by atoms with van der Waals surface area (Å²) in [5, 5.41) is 12.1. The number of halogens is 1. The molecule has 1 aromatic carbocycles. The Kier molecular flexibility index (Phi) is 5.22. The fourth-order valence-electron chi connectivity index (χ4n) is 1.93. The van der Waals surface area contributed by atoms with E-state index in [-0.39, 0.29) is 17.7 Å². The standard InChI is InChI=1S/C15H17ClN2O2S/c1-9(13-6-7-14(16)21-13)18-15(20)12(17)8-10-2-4-11(19)5-3-10/h2-7,9,12,19H,8,17H2,1H3,(H,18,20). The molecular weight excluding hydrogens is 308 g/mol. The van der Waals surface area contributed by atoms with E-state index in [1.165, 1.54) is 11.3 Å². The molecule has 0 radical (unpaired) electrons. The van der Waals surface area contributed by atoms with Crippen LogP contribution in [0.5, 0.6) is 5.75 Å². The SMILES string of the molecule is CC(NC(=O)C(N)Cc1ccc(O)cc1)c1ccc(Cl)s1. The molecule has 112 valence electrons. The molecule has 1 heterocycles. The first kappa shape index (κ1) is 15.8. The van der Waals surface area contributed by atoms with Crippen LogP contribution >= 0.6 is 22.9 Å². The van der Waals surface area contributed by atoms with Gasteiger partial charge in [0.25, 0.3) is 0 Å². The summed E-state index contributed by atoms with van der Waals surface area (Å²) in [5.74, 6) is -0.0138. The lowest BCUT2D eigenvalue weighted by Crippen LogP contribution is -2.42. The molecule has 0 saturated heterocycles. The molecule has 2 atom stereocenters. The Morgan fingerprint density at radius 1 is 1.33 bits per heavy atom. The summed E-state index contributed by atoms with van der Waals surface area (Å²) in [4.78, 5) is 13.1. The predicted octanol–water partition coefficient (Wildman–Crippen LogP) is 2.85. The first-order valence-electron chi connectivity index (χ1n) is 6.55. The van der Waals surface area contributed by atoms with Crippen LogP contribution in [0.4, 0.5) is 0 Å². The summed E-state index contributed by atoms with van der Waals surface area (Å²) >= 11 is 7.32. The van der Waals surface area contributed by atoms with Crippen LogP contribution < -0.4 is 11.1 Å². The highest BCUT2D eigenvalue weighted by Gasteiger charge is 2.18. The number of hydrogen-bond acceptors (Lipinski definition) is 4. The molecule has 4 N–H and O–H groups in total. The zero-order chi connectivity index (χ0) is 15.4. The van der Waals surface area contributed by atoms with E-state index in [0.717, 1.165) is 10.4 Å². The third-order valence-corrected chi connectivity index (χ3v) is 4.52. The highest BCUT2D eigenvalue weighted by atomic mass is 35.5. The minimum absolute atomic E-state index is 0.124. The second-order valence-electron chi connectivity index (χ2n) is 4.85. The number of nitrogens with two attached hydrogens (primary N) is 1. The van der Waals surface area contributed by atoms with Gasteiger partial charge >= 0.3 is 0 Å². The summed E-state index contributed by atoms with van der Waals surface area (Å²) in [7, 11) is 0. The lowest BCUT2D eigenvalue weighted by Gasteiger charge is -2.16. The van der Waals surface area contributed by atoms with Crippen LogP contribution in [0.1, 0.15) is 23.4 Å². The summed E-state index contributed by atoms with van der Waals surface area (Å²) in [6.07, 6.45) is 0.421. The third-order valence-electron chi connectivity index (χ3n) is 3.11. The van der Waals surface area contributed by atoms with Gasteiger partial charge in [0.2, 0.25) is 5.91 Å². The quantitative estimate of drug-likeness (QED) is 0.791. The van der Waals surface area contributed by atoms with Crippen LogP contribution in [0.25, 0.3) is 0 Å². The molecule has 0 aliphatic carbocycles. The molecule has 21 heavy (non-hydrogen) atoms. The van der Waals surface area contributed by atoms with Gasteiger partial charge in [0, 0.05) is 4.88 Å². The minimum atomic E-state index is -0.632. The molecule has 2 rings (SSSR count). The van der Waals surface area contributed by atoms with Crippen molar-refractivity contribution in [2.45, 2.75) is 25.4 Å². The number of thiophene rings is 1. The zero-order valence-electron chi connectivity index (χ0n) is 11.5. The van der Waals surface area contributed by atoms with E-state index in [1.54, 1.807) is 30.3 Å². The van der Waals surface area contributed by atoms with E-state index in [1.807, 2.05) is 13.0 Å². The van der Waals surface area contributed by atoms with Gasteiger partial charge in [-0.2, -0.15) is 0 Å². The predicted molar refractivity (Wildman–Crippen MR) is 85.7 cm³/mol. The van der Waals surface area contributed by atoms with Crippen molar-refractivity contribution in [2.75, 3.05) is 0 Å². The van der Waals surface area contributed by atoms with Crippen molar-refractivity contribution >= 4 is 28.8 Å². The molecule has 0 bridgehead atoms. The Bertz CT molecular complexity index is 612. The Balaban J connectivity index is 1.91. The Hall–Kier alpha value is -1.56. The number of amides is 1. The van der Waals surface area contributed by atoms with Crippen molar-refractivity contribution in [2.24, 2.45) is 5.73 Å². The van der Waals surface area contributed by atoms with Gasteiger partial charge in [-0.1, -0.05) is 23.7 Å². The Morgan fingerprint density at radius 3 is 2.57 bits per heavy atom. The lowest BCUT2D eigenvalue weighted by molar-refractivity contribution is -0.122. The number of carbonyl (C=O) groups is 1. The van der Waals surface area contributed by atoms with Gasteiger partial charge in [-0.05, 0) is 43.2 Å². The molecule has 0 saturated carbocycles. The number of phenols is 1. The number of nitrogens with one attached hydrogen (secondary N) is 1. The zero-order valence-corrected chi connectivity index (χ0v) is 13.1. The summed E-state index contributed by atoms with van der Waals surface area (Å²) in [5.41, 5.74) is 6.83. The van der Waals surface area contributed by atoms with E-state index >= 15 is 0 Å². The summed E-state index contributed by atoms with van der Waals surface area (Å²) < 4.78 is 0.694. The maximum absolute atomic E-state index is 12.1. The molecule has 2 unspecified atom stereocenters. The van der Waals surface area contributed by atoms with Gasteiger partial charge < -0.3 is 16.2 Å². The molecule has 0 spiro atoms. The highest BCUT2D eigenvalue weighted by Crippen LogP contribution is 2.26. The molecular formula is C15H17ClN2O2S. The fourth-order valence-corrected chi connectivity index (χ4v) is 2.99. The number of carbonyl (C=O) groups excluding carboxylic acids is 1. The van der Waals surface area contributed by atoms with Gasteiger partial charge in [-0.25, -0.2) is 0 Å². The van der Waals surface area contributed by atoms with Gasteiger partial charge in [0.1, 0.15) is 5.75 Å². The molecule has 0 aliphatic heterocycles. The number of phenolic OH excluding ortho intramolecular Hbond substituents is 1. The average Bonchev–Trinajstić information content (AvgIpc) is 2.88. The van der Waals surface area contributed by atoms with Gasteiger partial charge in [0.05, 0.1) is 16.4 Å². The van der Waals surface area contributed by atoms with Crippen molar-refractivity contribution < 1.29 is 9.90 Å². The number of rotatable bonds is 5. The third kappa shape index (κ3) is 4.46. The van der Waals surface area contributed by atoms with Crippen molar-refractivity contribution in [3.8, 4) is 5.75 Å². The average molecular weight is 325 g/mol. The van der Waals surface area contributed by atoms with Gasteiger partial charge in [-0.15, -0.1) is 11.3 Å². The molecule has 0 fully saturated rings. The van der Waals surface area contributed by atoms with E-state index in [4.69, 9.17) is 17.3 Å². The van der Waals surface area contributed by atoms with E-state index in [2.05, 4.69) is 5.32 Å². The Labute approximate surface area is 132 Å². The van der Waals surface area contributed by atoms with Gasteiger partial charge in [0.15, 0.2) is 0 Å². The highest BCUT2D eigenvalue weighted by molar-refractivity contribution is 7.16. The van der Waals surface area contributed by atoms with Crippen LogP contribution in [-0.4, -0.2) is 17.1 Å². The van der Waals surface area contributed by atoms with Crippen LogP contribution in [0, 0.1) is 0 Å². The van der Waals surface area contributed by atoms with E-state index in [9.17, 15) is 9.90 Å². The van der Waals surface area contributed by atoms with Crippen LogP contribution in [0.15, 0.2) is 36.4 Å². The van der Waals surface area contributed by atoms with Crippen LogP contribution in [0.2, 0.25) is 4.34 Å². The molecule has 1 amide bonds. The largest absolute Gasteiger partial charge is 0.508 e. The number of hydrogen-bond donors (Lipinski definition) is 3. The normalized spacial score (nSPS) is 13.7. The van der Waals surface area contributed by atoms with Crippen molar-refractivity contribution in [3.05, 3.63) is 51.2 Å².